The fourth-order valence-electron chi connectivity index (χ4n) is 3.78. The van der Waals surface area contributed by atoms with Crippen LogP contribution in [-0.4, -0.2) is 61.1 Å². The third-order valence-corrected chi connectivity index (χ3v) is 7.65. The predicted octanol–water partition coefficient (Wildman–Crippen LogP) is 2.94. The Balaban J connectivity index is 1.75. The zero-order valence-corrected chi connectivity index (χ0v) is 18.1. The molecule has 2 aliphatic rings. The number of thiol groups is 1. The van der Waals surface area contributed by atoms with E-state index < -0.39 is 16.1 Å². The van der Waals surface area contributed by atoms with Gasteiger partial charge in [0.25, 0.3) is 0 Å². The molecule has 2 heterocycles. The second-order valence-electron chi connectivity index (χ2n) is 7.54. The van der Waals surface area contributed by atoms with Gasteiger partial charge in [-0.25, -0.2) is 8.42 Å². The van der Waals surface area contributed by atoms with Crippen molar-refractivity contribution in [1.82, 2.24) is 9.21 Å². The number of rotatable bonds is 7. The Morgan fingerprint density at radius 2 is 1.86 bits per heavy atom. The molecule has 2 atom stereocenters. The van der Waals surface area contributed by atoms with Crippen molar-refractivity contribution in [2.24, 2.45) is 0 Å². The molecule has 0 aliphatic carbocycles. The number of hydrogen-bond acceptors (Lipinski definition) is 5. The average molecular weight is 427 g/mol. The molecule has 6 nitrogen and oxygen atoms in total. The first-order valence-corrected chi connectivity index (χ1v) is 12.1. The summed E-state index contributed by atoms with van der Waals surface area (Å²) in [5, 5.41) is -0.134. The maximum Gasteiger partial charge on any atom is 0.243 e. The van der Waals surface area contributed by atoms with Crippen LogP contribution in [0.3, 0.4) is 0 Å². The molecule has 2 fully saturated rings. The molecule has 3 rings (SSSR count). The quantitative estimate of drug-likeness (QED) is 0.538. The molecule has 2 saturated heterocycles. The molecule has 156 valence electrons. The van der Waals surface area contributed by atoms with Gasteiger partial charge in [0, 0.05) is 24.9 Å². The first-order chi connectivity index (χ1) is 13.4. The Morgan fingerprint density at radius 3 is 2.50 bits per heavy atom. The molecule has 0 spiro atoms. The van der Waals surface area contributed by atoms with E-state index in [4.69, 9.17) is 4.74 Å². The van der Waals surface area contributed by atoms with E-state index in [1.165, 1.54) is 4.31 Å². The molecule has 1 aromatic carbocycles. The van der Waals surface area contributed by atoms with E-state index >= 15 is 0 Å². The molecular formula is C20H30N2O4S2. The molecule has 8 heteroatoms. The number of sulfonamides is 1. The number of nitrogens with zero attached hydrogens (tertiary/aromatic N) is 2. The summed E-state index contributed by atoms with van der Waals surface area (Å²) < 4.78 is 33.4. The zero-order valence-electron chi connectivity index (χ0n) is 16.4. The van der Waals surface area contributed by atoms with Crippen LogP contribution in [0.4, 0.5) is 0 Å². The van der Waals surface area contributed by atoms with Crippen molar-refractivity contribution in [1.29, 1.82) is 0 Å². The molecule has 0 bridgehead atoms. The second-order valence-corrected chi connectivity index (χ2v) is 10.2. The van der Waals surface area contributed by atoms with Gasteiger partial charge in [-0.15, -0.1) is 0 Å². The highest BCUT2D eigenvalue weighted by Crippen LogP contribution is 2.31. The number of carbonyl (C=O) groups excluding carboxylic acids is 1. The number of carbonyl (C=O) groups is 1. The van der Waals surface area contributed by atoms with Crippen LogP contribution in [0.1, 0.15) is 45.4 Å². The monoisotopic (exact) mass is 426 g/mol. The number of benzene rings is 1. The minimum absolute atomic E-state index is 0.0839. The van der Waals surface area contributed by atoms with Crippen molar-refractivity contribution in [2.75, 3.05) is 26.2 Å². The maximum atomic E-state index is 13.2. The van der Waals surface area contributed by atoms with Crippen molar-refractivity contribution in [3.63, 3.8) is 0 Å². The Labute approximate surface area is 173 Å². The number of unbranched alkanes of at least 4 members (excludes halogenated alkanes) is 1. The third kappa shape index (κ3) is 4.83. The van der Waals surface area contributed by atoms with Crippen LogP contribution in [0.2, 0.25) is 0 Å². The summed E-state index contributed by atoms with van der Waals surface area (Å²) in [5.74, 6) is 0.571. The van der Waals surface area contributed by atoms with Gasteiger partial charge in [0.1, 0.15) is 11.8 Å². The SMILES string of the molecule is CCCCOc1ccc(S(=O)(=O)N2CC(S)CC2C(=O)N2CCCCC2)cc1. The van der Waals surface area contributed by atoms with Gasteiger partial charge < -0.3 is 9.64 Å². The van der Waals surface area contributed by atoms with Gasteiger partial charge in [0.15, 0.2) is 0 Å². The van der Waals surface area contributed by atoms with Crippen LogP contribution in [0, 0.1) is 0 Å². The summed E-state index contributed by atoms with van der Waals surface area (Å²) in [6.45, 7) is 4.38. The molecule has 0 N–H and O–H groups in total. The molecule has 0 radical (unpaired) electrons. The summed E-state index contributed by atoms with van der Waals surface area (Å²) in [6, 6.07) is 5.82. The highest BCUT2D eigenvalue weighted by molar-refractivity contribution is 7.89. The standard InChI is InChI=1S/C20H30N2O4S2/c1-2-3-13-26-16-7-9-18(10-8-16)28(24,25)22-15-17(27)14-19(22)20(23)21-11-5-4-6-12-21/h7-10,17,19,27H,2-6,11-15H2,1H3. The lowest BCUT2D eigenvalue weighted by molar-refractivity contribution is -0.135. The van der Waals surface area contributed by atoms with Crippen LogP contribution < -0.4 is 4.74 Å². The van der Waals surface area contributed by atoms with E-state index in [2.05, 4.69) is 19.6 Å². The minimum atomic E-state index is -3.77. The van der Waals surface area contributed by atoms with Crippen LogP contribution in [0.5, 0.6) is 5.75 Å². The third-order valence-electron chi connectivity index (χ3n) is 5.38. The summed E-state index contributed by atoms with van der Waals surface area (Å²) in [6.07, 6.45) is 5.54. The van der Waals surface area contributed by atoms with E-state index in [1.807, 2.05) is 4.90 Å². The van der Waals surface area contributed by atoms with E-state index in [9.17, 15) is 13.2 Å². The van der Waals surface area contributed by atoms with Gasteiger partial charge in [-0.3, -0.25) is 4.79 Å². The van der Waals surface area contributed by atoms with Gasteiger partial charge in [-0.2, -0.15) is 16.9 Å². The Kier molecular flexibility index (Phi) is 7.28. The second kappa shape index (κ2) is 9.50. The van der Waals surface area contributed by atoms with E-state index in [1.54, 1.807) is 24.3 Å². The van der Waals surface area contributed by atoms with Crippen LogP contribution in [0.15, 0.2) is 29.2 Å². The smallest absolute Gasteiger partial charge is 0.243 e. The van der Waals surface area contributed by atoms with E-state index in [0.29, 0.717) is 31.9 Å². The van der Waals surface area contributed by atoms with Crippen molar-refractivity contribution in [2.45, 2.75) is 61.6 Å². The topological polar surface area (TPSA) is 66.9 Å². The van der Waals surface area contributed by atoms with Gasteiger partial charge in [0.05, 0.1) is 11.5 Å². The highest BCUT2D eigenvalue weighted by Gasteiger charge is 2.44. The summed E-state index contributed by atoms with van der Waals surface area (Å²) in [7, 11) is -3.77. The summed E-state index contributed by atoms with van der Waals surface area (Å²) >= 11 is 4.48. The lowest BCUT2D eigenvalue weighted by Crippen LogP contribution is -2.49. The molecule has 1 aromatic rings. The molecule has 1 amide bonds. The van der Waals surface area contributed by atoms with Crippen molar-refractivity contribution in [3.05, 3.63) is 24.3 Å². The average Bonchev–Trinajstić information content (AvgIpc) is 3.11. The fraction of sp³-hybridized carbons (Fsp3) is 0.650. The Hall–Kier alpha value is -1.25. The molecular weight excluding hydrogens is 396 g/mol. The van der Waals surface area contributed by atoms with Gasteiger partial charge >= 0.3 is 0 Å². The van der Waals surface area contributed by atoms with Crippen LogP contribution in [-0.2, 0) is 14.8 Å². The number of piperidine rings is 1. The molecule has 2 unspecified atom stereocenters. The largest absolute Gasteiger partial charge is 0.494 e. The van der Waals surface area contributed by atoms with E-state index in [-0.39, 0.29) is 22.6 Å². The first kappa shape index (κ1) is 21.5. The number of ether oxygens (including phenoxy) is 1. The van der Waals surface area contributed by atoms with E-state index in [0.717, 1.165) is 32.1 Å². The molecule has 0 aromatic heterocycles. The maximum absolute atomic E-state index is 13.2. The first-order valence-electron chi connectivity index (χ1n) is 10.1. The highest BCUT2D eigenvalue weighted by atomic mass is 32.2. The number of amides is 1. The van der Waals surface area contributed by atoms with Crippen LogP contribution >= 0.6 is 12.6 Å². The summed E-state index contributed by atoms with van der Waals surface area (Å²) in [4.78, 5) is 15.0. The van der Waals surface area contributed by atoms with Gasteiger partial charge in [-0.1, -0.05) is 13.3 Å². The molecule has 28 heavy (non-hydrogen) atoms. The number of hydrogen-bond donors (Lipinski definition) is 1. The normalized spacial score (nSPS) is 23.7. The fourth-order valence-corrected chi connectivity index (χ4v) is 5.90. The van der Waals surface area contributed by atoms with Crippen molar-refractivity contribution >= 4 is 28.6 Å². The Morgan fingerprint density at radius 1 is 1.18 bits per heavy atom. The lowest BCUT2D eigenvalue weighted by atomic mass is 10.1. The molecule has 2 aliphatic heterocycles. The summed E-state index contributed by atoms with van der Waals surface area (Å²) in [5.41, 5.74) is 0. The molecule has 0 saturated carbocycles. The Bertz CT molecular complexity index is 761. The number of likely N-dealkylation sites (tertiary alicyclic amines) is 1. The van der Waals surface area contributed by atoms with Crippen molar-refractivity contribution in [3.8, 4) is 5.75 Å². The minimum Gasteiger partial charge on any atom is -0.494 e. The zero-order chi connectivity index (χ0) is 20.1. The van der Waals surface area contributed by atoms with Crippen molar-refractivity contribution < 1.29 is 17.9 Å². The lowest BCUT2D eigenvalue weighted by Gasteiger charge is -2.32. The van der Waals surface area contributed by atoms with Crippen LogP contribution in [0.25, 0.3) is 0 Å². The predicted molar refractivity (Wildman–Crippen MR) is 112 cm³/mol. The van der Waals surface area contributed by atoms with Gasteiger partial charge in [-0.05, 0) is 56.4 Å². The van der Waals surface area contributed by atoms with Gasteiger partial charge in [0.2, 0.25) is 15.9 Å².